The minimum Gasteiger partial charge on any atom is -0.341 e. The highest BCUT2D eigenvalue weighted by atomic mass is 15.1. The molecule has 5 rings (SSSR count). The average molecular weight is 310 g/mol. The Morgan fingerprint density at radius 3 is 2.50 bits per heavy atom. The maximum atomic E-state index is 3.73. The third-order valence-electron chi connectivity index (χ3n) is 4.96. The summed E-state index contributed by atoms with van der Waals surface area (Å²) in [5.41, 5.74) is 7.73. The number of benzene rings is 3. The van der Waals surface area contributed by atoms with Gasteiger partial charge in [0.25, 0.3) is 0 Å². The molecule has 1 aliphatic heterocycles. The van der Waals surface area contributed by atoms with Crippen LogP contribution in [0.15, 0.2) is 72.8 Å². The topological polar surface area (TPSA) is 17.0 Å². The molecule has 0 saturated heterocycles. The molecule has 2 nitrogen and oxygen atoms in total. The number of fused-ring (bicyclic) bond motifs is 4. The minimum absolute atomic E-state index is 0.909. The zero-order valence-electron chi connectivity index (χ0n) is 13.6. The fourth-order valence-electron chi connectivity index (χ4n) is 3.82. The molecule has 2 heterocycles. The first-order valence-corrected chi connectivity index (χ1v) is 8.35. The molecular formula is C22H18N2. The lowest BCUT2D eigenvalue weighted by Gasteiger charge is -2.24. The van der Waals surface area contributed by atoms with Crippen molar-refractivity contribution in [2.24, 2.45) is 0 Å². The quantitative estimate of drug-likeness (QED) is 0.419. The SMILES string of the molecule is Cc1cccc2c1Nc1c(-c3ccccc3)c3ccccc3n1C2. The molecule has 0 radical (unpaired) electrons. The van der Waals surface area contributed by atoms with Crippen molar-refractivity contribution in [2.45, 2.75) is 13.5 Å². The van der Waals surface area contributed by atoms with Gasteiger partial charge >= 0.3 is 0 Å². The first-order chi connectivity index (χ1) is 11.8. The van der Waals surface area contributed by atoms with Crippen molar-refractivity contribution in [3.05, 3.63) is 83.9 Å². The summed E-state index contributed by atoms with van der Waals surface area (Å²) in [4.78, 5) is 0. The Balaban J connectivity index is 1.84. The molecule has 0 saturated carbocycles. The Labute approximate surface area is 141 Å². The Morgan fingerprint density at radius 2 is 1.62 bits per heavy atom. The molecule has 116 valence electrons. The minimum atomic E-state index is 0.909. The molecule has 0 unspecified atom stereocenters. The van der Waals surface area contributed by atoms with Crippen molar-refractivity contribution in [1.29, 1.82) is 0 Å². The average Bonchev–Trinajstić information content (AvgIpc) is 2.95. The summed E-state index contributed by atoms with van der Waals surface area (Å²) in [7, 11) is 0. The fraction of sp³-hybridized carbons (Fsp3) is 0.0909. The maximum Gasteiger partial charge on any atom is 0.119 e. The lowest BCUT2D eigenvalue weighted by molar-refractivity contribution is 0.827. The first-order valence-electron chi connectivity index (χ1n) is 8.35. The van der Waals surface area contributed by atoms with Gasteiger partial charge in [0.05, 0.1) is 12.1 Å². The normalized spacial score (nSPS) is 12.5. The van der Waals surface area contributed by atoms with Crippen LogP contribution in [0.25, 0.3) is 22.0 Å². The molecule has 0 spiro atoms. The van der Waals surface area contributed by atoms with Gasteiger partial charge in [-0.1, -0.05) is 66.7 Å². The van der Waals surface area contributed by atoms with Crippen molar-refractivity contribution in [2.75, 3.05) is 5.32 Å². The van der Waals surface area contributed by atoms with Gasteiger partial charge in [-0.25, -0.2) is 0 Å². The second-order valence-corrected chi connectivity index (χ2v) is 6.43. The van der Waals surface area contributed by atoms with Crippen LogP contribution >= 0.6 is 0 Å². The number of aromatic nitrogens is 1. The van der Waals surface area contributed by atoms with Crippen molar-refractivity contribution in [1.82, 2.24) is 4.57 Å². The summed E-state index contributed by atoms with van der Waals surface area (Å²) < 4.78 is 2.40. The largest absolute Gasteiger partial charge is 0.341 e. The zero-order valence-corrected chi connectivity index (χ0v) is 13.6. The van der Waals surface area contributed by atoms with Crippen LogP contribution in [-0.4, -0.2) is 4.57 Å². The smallest absolute Gasteiger partial charge is 0.119 e. The van der Waals surface area contributed by atoms with Crippen LogP contribution in [0.4, 0.5) is 11.5 Å². The van der Waals surface area contributed by atoms with Crippen molar-refractivity contribution in [3.8, 4) is 11.1 Å². The van der Waals surface area contributed by atoms with Gasteiger partial charge in [0, 0.05) is 16.6 Å². The molecule has 1 aliphatic rings. The van der Waals surface area contributed by atoms with E-state index in [2.05, 4.69) is 89.6 Å². The van der Waals surface area contributed by atoms with E-state index in [1.54, 1.807) is 0 Å². The molecule has 1 aromatic heterocycles. The van der Waals surface area contributed by atoms with Crippen LogP contribution in [0.3, 0.4) is 0 Å². The molecule has 1 N–H and O–H groups in total. The Hall–Kier alpha value is -3.00. The predicted octanol–water partition coefficient (Wildman–Crippen LogP) is 5.72. The third-order valence-corrected chi connectivity index (χ3v) is 4.96. The fourth-order valence-corrected chi connectivity index (χ4v) is 3.82. The van der Waals surface area contributed by atoms with Crippen molar-refractivity contribution < 1.29 is 0 Å². The molecular weight excluding hydrogens is 292 g/mol. The molecule has 0 atom stereocenters. The van der Waals surface area contributed by atoms with Gasteiger partial charge in [-0.3, -0.25) is 0 Å². The van der Waals surface area contributed by atoms with Crippen LogP contribution < -0.4 is 5.32 Å². The summed E-state index contributed by atoms with van der Waals surface area (Å²) in [5.74, 6) is 1.20. The Morgan fingerprint density at radius 1 is 0.833 bits per heavy atom. The molecule has 0 amide bonds. The standard InChI is InChI=1S/C22H18N2/c1-15-8-7-11-17-14-24-19-13-6-5-12-18(19)20(22(24)23-21(15)17)16-9-3-2-4-10-16/h2-13,23H,14H2,1H3. The van der Waals surface area contributed by atoms with E-state index in [4.69, 9.17) is 0 Å². The molecule has 2 heteroatoms. The number of hydrogen-bond donors (Lipinski definition) is 1. The Bertz CT molecular complexity index is 1060. The van der Waals surface area contributed by atoms with Crippen LogP contribution in [0.2, 0.25) is 0 Å². The summed E-state index contributed by atoms with van der Waals surface area (Å²) >= 11 is 0. The number of rotatable bonds is 1. The van der Waals surface area contributed by atoms with Gasteiger partial charge in [0.2, 0.25) is 0 Å². The van der Waals surface area contributed by atoms with E-state index in [0.29, 0.717) is 0 Å². The van der Waals surface area contributed by atoms with Crippen LogP contribution in [0.1, 0.15) is 11.1 Å². The van der Waals surface area contributed by atoms with Gasteiger partial charge in [-0.2, -0.15) is 0 Å². The highest BCUT2D eigenvalue weighted by molar-refractivity contribution is 6.04. The van der Waals surface area contributed by atoms with Gasteiger partial charge in [-0.15, -0.1) is 0 Å². The van der Waals surface area contributed by atoms with Crippen LogP contribution in [0, 0.1) is 6.92 Å². The summed E-state index contributed by atoms with van der Waals surface area (Å²) in [6.07, 6.45) is 0. The summed E-state index contributed by atoms with van der Waals surface area (Å²) in [6, 6.07) is 25.9. The predicted molar refractivity (Wildman–Crippen MR) is 101 cm³/mol. The Kier molecular flexibility index (Phi) is 2.80. The van der Waals surface area contributed by atoms with E-state index in [-0.39, 0.29) is 0 Å². The molecule has 0 aliphatic carbocycles. The zero-order chi connectivity index (χ0) is 16.1. The molecule has 24 heavy (non-hydrogen) atoms. The van der Waals surface area contributed by atoms with Gasteiger partial charge in [0.1, 0.15) is 5.82 Å². The van der Waals surface area contributed by atoms with Gasteiger partial charge < -0.3 is 9.88 Å². The molecule has 3 aromatic carbocycles. The van der Waals surface area contributed by atoms with Gasteiger partial charge in [0.15, 0.2) is 0 Å². The second kappa shape index (κ2) is 5.00. The van der Waals surface area contributed by atoms with E-state index in [1.807, 2.05) is 0 Å². The van der Waals surface area contributed by atoms with Crippen LogP contribution in [0.5, 0.6) is 0 Å². The summed E-state index contributed by atoms with van der Waals surface area (Å²) in [5, 5.41) is 5.03. The lowest BCUT2D eigenvalue weighted by Crippen LogP contribution is -2.13. The number of hydrogen-bond acceptors (Lipinski definition) is 1. The van der Waals surface area contributed by atoms with E-state index >= 15 is 0 Å². The van der Waals surface area contributed by atoms with E-state index < -0.39 is 0 Å². The molecule has 0 fully saturated rings. The second-order valence-electron chi connectivity index (χ2n) is 6.43. The number of aryl methyl sites for hydroxylation is 1. The molecule has 4 aromatic rings. The summed E-state index contributed by atoms with van der Waals surface area (Å²) in [6.45, 7) is 3.08. The third kappa shape index (κ3) is 1.83. The van der Waals surface area contributed by atoms with Crippen molar-refractivity contribution >= 4 is 22.4 Å². The lowest BCUT2D eigenvalue weighted by atomic mass is 10.0. The number of para-hydroxylation sites is 2. The number of nitrogens with zero attached hydrogens (tertiary/aromatic N) is 1. The van der Waals surface area contributed by atoms with E-state index in [1.165, 1.54) is 44.7 Å². The maximum absolute atomic E-state index is 3.73. The number of anilines is 2. The molecule has 0 bridgehead atoms. The van der Waals surface area contributed by atoms with E-state index in [9.17, 15) is 0 Å². The van der Waals surface area contributed by atoms with Gasteiger partial charge in [-0.05, 0) is 29.7 Å². The van der Waals surface area contributed by atoms with E-state index in [0.717, 1.165) is 6.54 Å². The highest BCUT2D eigenvalue weighted by Crippen LogP contribution is 2.43. The number of nitrogens with one attached hydrogen (secondary N) is 1. The highest BCUT2D eigenvalue weighted by Gasteiger charge is 2.23. The van der Waals surface area contributed by atoms with Crippen LogP contribution in [-0.2, 0) is 6.54 Å². The monoisotopic (exact) mass is 310 g/mol. The van der Waals surface area contributed by atoms with Crippen molar-refractivity contribution in [3.63, 3.8) is 0 Å². The first kappa shape index (κ1) is 13.4.